The Balaban J connectivity index is 1.94. The minimum Gasteiger partial charge on any atom is -0.494 e. The maximum atomic E-state index is 14.0. The Hall–Kier alpha value is -2.15. The van der Waals surface area contributed by atoms with E-state index in [0.717, 1.165) is 0 Å². The first-order valence-electron chi connectivity index (χ1n) is 6.96. The molecule has 22 heavy (non-hydrogen) atoms. The Bertz CT molecular complexity index is 563. The molecule has 1 saturated heterocycles. The van der Waals surface area contributed by atoms with E-state index in [-0.39, 0.29) is 37.6 Å². The van der Waals surface area contributed by atoms with Crippen molar-refractivity contribution in [3.05, 3.63) is 29.6 Å². The summed E-state index contributed by atoms with van der Waals surface area (Å²) in [6, 6.07) is 4.78. The first kappa shape index (κ1) is 16.2. The number of benzene rings is 1. The Labute approximate surface area is 127 Å². The van der Waals surface area contributed by atoms with Crippen molar-refractivity contribution in [3.63, 3.8) is 0 Å². The first-order valence-corrected chi connectivity index (χ1v) is 6.96. The number of ether oxygens (including phenoxy) is 2. The maximum absolute atomic E-state index is 14.0. The Morgan fingerprint density at radius 3 is 2.95 bits per heavy atom. The fourth-order valence-electron chi connectivity index (χ4n) is 2.33. The maximum Gasteiger partial charge on any atom is 0.334 e. The number of morpholine rings is 1. The number of aliphatic carboxylic acids is 1. The van der Waals surface area contributed by atoms with Gasteiger partial charge < -0.3 is 19.5 Å². The molecule has 1 aromatic rings. The molecular formula is C15H18FNO5. The number of carboxylic acids is 1. The number of carbonyl (C=O) groups is 2. The number of hydrogen-bond donors (Lipinski definition) is 1. The minimum atomic E-state index is -1.09. The van der Waals surface area contributed by atoms with Gasteiger partial charge in [0, 0.05) is 13.0 Å². The van der Waals surface area contributed by atoms with E-state index >= 15 is 0 Å². The highest BCUT2D eigenvalue weighted by Crippen LogP contribution is 2.21. The Kier molecular flexibility index (Phi) is 5.32. The predicted molar refractivity (Wildman–Crippen MR) is 75.2 cm³/mol. The number of aryl methyl sites for hydroxylation is 1. The predicted octanol–water partition coefficient (Wildman–Crippen LogP) is 1.08. The molecule has 0 radical (unpaired) electrons. The average Bonchev–Trinajstić information content (AvgIpc) is 2.53. The lowest BCUT2D eigenvalue weighted by Gasteiger charge is -2.31. The molecule has 1 aliphatic heterocycles. The number of hydrogen-bond acceptors (Lipinski definition) is 4. The van der Waals surface area contributed by atoms with Crippen molar-refractivity contribution >= 4 is 11.9 Å². The highest BCUT2D eigenvalue weighted by molar-refractivity contribution is 5.78. The molecule has 2 rings (SSSR count). The summed E-state index contributed by atoms with van der Waals surface area (Å²) >= 11 is 0. The zero-order valence-electron chi connectivity index (χ0n) is 12.3. The third-order valence-electron chi connectivity index (χ3n) is 3.57. The highest BCUT2D eigenvalue weighted by atomic mass is 19.1. The molecular weight excluding hydrogens is 293 g/mol. The Morgan fingerprint density at radius 2 is 2.27 bits per heavy atom. The summed E-state index contributed by atoms with van der Waals surface area (Å²) in [5.41, 5.74) is 0.399. The molecule has 0 spiro atoms. The van der Waals surface area contributed by atoms with Crippen LogP contribution in [-0.4, -0.2) is 54.8 Å². The van der Waals surface area contributed by atoms with Gasteiger partial charge in [0.25, 0.3) is 0 Å². The molecule has 1 N–H and O–H groups in total. The summed E-state index contributed by atoms with van der Waals surface area (Å²) < 4.78 is 23.9. The second kappa shape index (κ2) is 7.22. The highest BCUT2D eigenvalue weighted by Gasteiger charge is 2.28. The summed E-state index contributed by atoms with van der Waals surface area (Å²) in [5.74, 6) is -1.63. The molecule has 1 aliphatic rings. The van der Waals surface area contributed by atoms with Crippen LogP contribution in [0.15, 0.2) is 18.2 Å². The van der Waals surface area contributed by atoms with Crippen LogP contribution in [0.2, 0.25) is 0 Å². The summed E-state index contributed by atoms with van der Waals surface area (Å²) in [5, 5.41) is 8.91. The molecule has 0 bridgehead atoms. The number of halogens is 1. The molecule has 1 aromatic carbocycles. The van der Waals surface area contributed by atoms with Crippen LogP contribution in [0.5, 0.6) is 5.75 Å². The molecule has 6 nitrogen and oxygen atoms in total. The largest absolute Gasteiger partial charge is 0.494 e. The lowest BCUT2D eigenvalue weighted by Crippen LogP contribution is -2.48. The quantitative estimate of drug-likeness (QED) is 0.880. The molecule has 1 unspecified atom stereocenters. The van der Waals surface area contributed by atoms with Gasteiger partial charge in [-0.05, 0) is 18.1 Å². The van der Waals surface area contributed by atoms with E-state index in [0.29, 0.717) is 12.1 Å². The van der Waals surface area contributed by atoms with Crippen LogP contribution in [0.4, 0.5) is 4.39 Å². The van der Waals surface area contributed by atoms with Crippen molar-refractivity contribution in [2.45, 2.75) is 18.9 Å². The van der Waals surface area contributed by atoms with E-state index in [1.165, 1.54) is 18.1 Å². The van der Waals surface area contributed by atoms with Gasteiger partial charge in [-0.15, -0.1) is 0 Å². The number of amides is 1. The molecule has 0 aromatic heterocycles. The van der Waals surface area contributed by atoms with Gasteiger partial charge in [-0.1, -0.05) is 12.1 Å². The standard InChI is InChI=1S/C15H18FNO5/c1-21-11-4-2-3-10(14(11)16)5-6-13(18)17-7-8-22-12(9-17)15(19)20/h2-4,12H,5-9H2,1H3,(H,19,20). The van der Waals surface area contributed by atoms with Gasteiger partial charge in [-0.25, -0.2) is 9.18 Å². The topological polar surface area (TPSA) is 76.1 Å². The number of rotatable bonds is 5. The van der Waals surface area contributed by atoms with E-state index in [1.54, 1.807) is 12.1 Å². The van der Waals surface area contributed by atoms with E-state index in [9.17, 15) is 14.0 Å². The van der Waals surface area contributed by atoms with Crippen LogP contribution in [-0.2, 0) is 20.7 Å². The molecule has 1 atom stereocenters. The molecule has 0 saturated carbocycles. The van der Waals surface area contributed by atoms with Gasteiger partial charge >= 0.3 is 5.97 Å². The summed E-state index contributed by atoms with van der Waals surface area (Å²) in [4.78, 5) is 24.5. The fourth-order valence-corrected chi connectivity index (χ4v) is 2.33. The second-order valence-electron chi connectivity index (χ2n) is 4.97. The van der Waals surface area contributed by atoms with Gasteiger partial charge in [0.15, 0.2) is 17.7 Å². The lowest BCUT2D eigenvalue weighted by molar-refractivity contribution is -0.159. The van der Waals surface area contributed by atoms with Crippen molar-refractivity contribution in [2.24, 2.45) is 0 Å². The van der Waals surface area contributed by atoms with Crippen molar-refractivity contribution < 1.29 is 28.6 Å². The lowest BCUT2D eigenvalue weighted by atomic mass is 10.1. The van der Waals surface area contributed by atoms with Crippen molar-refractivity contribution in [1.82, 2.24) is 4.90 Å². The van der Waals surface area contributed by atoms with Crippen molar-refractivity contribution in [3.8, 4) is 5.75 Å². The SMILES string of the molecule is COc1cccc(CCC(=O)N2CCOC(C(=O)O)C2)c1F. The minimum absolute atomic E-state index is 0.0226. The first-order chi connectivity index (χ1) is 10.5. The van der Waals surface area contributed by atoms with Gasteiger partial charge in [0.1, 0.15) is 0 Å². The van der Waals surface area contributed by atoms with Gasteiger partial charge in [0.05, 0.1) is 20.3 Å². The third-order valence-corrected chi connectivity index (χ3v) is 3.57. The second-order valence-corrected chi connectivity index (χ2v) is 4.97. The van der Waals surface area contributed by atoms with Gasteiger partial charge in [-0.3, -0.25) is 4.79 Å². The normalized spacial score (nSPS) is 18.1. The number of methoxy groups -OCH3 is 1. The summed E-state index contributed by atoms with van der Waals surface area (Å²) in [7, 11) is 1.38. The monoisotopic (exact) mass is 311 g/mol. The number of carbonyl (C=O) groups excluding carboxylic acids is 1. The zero-order chi connectivity index (χ0) is 16.1. The molecule has 120 valence electrons. The third kappa shape index (κ3) is 3.73. The smallest absolute Gasteiger partial charge is 0.334 e. The van der Waals surface area contributed by atoms with Gasteiger partial charge in [0.2, 0.25) is 5.91 Å². The van der Waals surface area contributed by atoms with Crippen LogP contribution < -0.4 is 4.74 Å². The molecule has 1 heterocycles. The molecule has 1 fully saturated rings. The Morgan fingerprint density at radius 1 is 1.50 bits per heavy atom. The average molecular weight is 311 g/mol. The summed E-state index contributed by atoms with van der Waals surface area (Å²) in [6.45, 7) is 0.564. The molecule has 0 aliphatic carbocycles. The van der Waals surface area contributed by atoms with Crippen LogP contribution in [0, 0.1) is 5.82 Å². The number of nitrogens with zero attached hydrogens (tertiary/aromatic N) is 1. The van der Waals surface area contributed by atoms with Crippen LogP contribution >= 0.6 is 0 Å². The van der Waals surface area contributed by atoms with Crippen molar-refractivity contribution in [1.29, 1.82) is 0 Å². The van der Waals surface area contributed by atoms with Crippen LogP contribution in [0.1, 0.15) is 12.0 Å². The van der Waals surface area contributed by atoms with E-state index in [2.05, 4.69) is 0 Å². The van der Waals surface area contributed by atoms with Crippen LogP contribution in [0.3, 0.4) is 0 Å². The van der Waals surface area contributed by atoms with Crippen LogP contribution in [0.25, 0.3) is 0 Å². The number of carboxylic acid groups (broad SMARTS) is 1. The molecule has 7 heteroatoms. The van der Waals surface area contributed by atoms with E-state index < -0.39 is 17.9 Å². The molecule has 1 amide bonds. The summed E-state index contributed by atoms with van der Waals surface area (Å²) in [6.07, 6.45) is -0.654. The fraction of sp³-hybridized carbons (Fsp3) is 0.467. The zero-order valence-corrected chi connectivity index (χ0v) is 12.3. The van der Waals surface area contributed by atoms with Gasteiger partial charge in [-0.2, -0.15) is 0 Å². The van der Waals surface area contributed by atoms with Crippen molar-refractivity contribution in [2.75, 3.05) is 26.8 Å². The van der Waals surface area contributed by atoms with E-state index in [1.807, 2.05) is 0 Å². The van der Waals surface area contributed by atoms with E-state index in [4.69, 9.17) is 14.6 Å².